The predicted molar refractivity (Wildman–Crippen MR) is 150 cm³/mol. The zero-order valence-corrected chi connectivity index (χ0v) is 22.1. The van der Waals surface area contributed by atoms with Crippen LogP contribution in [0, 0.1) is 18.4 Å². The third-order valence-corrected chi connectivity index (χ3v) is 6.66. The van der Waals surface area contributed by atoms with E-state index in [9.17, 15) is 10.1 Å². The number of anilines is 1. The van der Waals surface area contributed by atoms with E-state index in [4.69, 9.17) is 4.99 Å². The van der Waals surface area contributed by atoms with E-state index in [-0.39, 0.29) is 11.9 Å². The summed E-state index contributed by atoms with van der Waals surface area (Å²) in [6, 6.07) is 19.8. The molecular weight excluding hydrogens is 490 g/mol. The van der Waals surface area contributed by atoms with E-state index in [0.717, 1.165) is 27.8 Å². The van der Waals surface area contributed by atoms with Crippen LogP contribution in [0.15, 0.2) is 78.0 Å². The van der Waals surface area contributed by atoms with Gasteiger partial charge in [0.25, 0.3) is 5.91 Å². The first-order chi connectivity index (χ1) is 18.9. The Morgan fingerprint density at radius 2 is 1.87 bits per heavy atom. The van der Waals surface area contributed by atoms with E-state index in [1.165, 1.54) is 11.1 Å². The Kier molecular flexibility index (Phi) is 7.32. The van der Waals surface area contributed by atoms with Gasteiger partial charge in [-0.3, -0.25) is 15.1 Å². The van der Waals surface area contributed by atoms with Crippen molar-refractivity contribution >= 4 is 34.3 Å². The van der Waals surface area contributed by atoms with Crippen molar-refractivity contribution in [2.45, 2.75) is 13.0 Å². The molecule has 1 fully saturated rings. The van der Waals surface area contributed by atoms with Crippen LogP contribution in [0.2, 0.25) is 0 Å². The number of nitrogens with zero attached hydrogens (tertiary/aromatic N) is 8. The molecule has 1 N–H and O–H groups in total. The molecule has 1 unspecified atom stereocenters. The van der Waals surface area contributed by atoms with Crippen LogP contribution < -0.4 is 10.2 Å². The number of rotatable bonds is 4. The predicted octanol–water partition coefficient (Wildman–Crippen LogP) is 3.66. The van der Waals surface area contributed by atoms with Crippen LogP contribution in [-0.2, 0) is 0 Å². The molecule has 0 saturated carbocycles. The molecule has 0 radical (unpaired) electrons. The average molecular weight is 520 g/mol. The standard InChI is InChI=1S/C29H29N9O/c1-20-12-13-22-23(34-20)10-7-11-24(22)35-29(33-19-30)37-14-15-38(26(18-37)21-8-5-4-6-9-21)27-17-31-25(16-32-27)28(39)36(2)3/h4-13,16-17,26H,14-15,18H2,1-3H3,(H,33,35). The van der Waals surface area contributed by atoms with Gasteiger partial charge in [-0.15, -0.1) is 0 Å². The van der Waals surface area contributed by atoms with Gasteiger partial charge in [0.2, 0.25) is 5.96 Å². The summed E-state index contributed by atoms with van der Waals surface area (Å²) in [4.78, 5) is 36.5. The maximum atomic E-state index is 12.3. The molecule has 5 rings (SSSR count). The maximum absolute atomic E-state index is 12.3. The summed E-state index contributed by atoms with van der Waals surface area (Å²) in [6.07, 6.45) is 5.23. The first-order valence-corrected chi connectivity index (χ1v) is 12.6. The minimum atomic E-state index is -0.194. The molecular formula is C29H29N9O. The van der Waals surface area contributed by atoms with Gasteiger partial charge in [-0.2, -0.15) is 5.26 Å². The number of aliphatic imine (C=N–C) groups is 1. The Labute approximate surface area is 227 Å². The molecule has 1 aliphatic heterocycles. The van der Waals surface area contributed by atoms with Gasteiger partial charge in [-0.05, 0) is 36.8 Å². The van der Waals surface area contributed by atoms with Gasteiger partial charge in [-0.25, -0.2) is 15.0 Å². The number of hydrogen-bond donors (Lipinski definition) is 1. The van der Waals surface area contributed by atoms with E-state index in [1.54, 1.807) is 20.3 Å². The summed E-state index contributed by atoms with van der Waals surface area (Å²) >= 11 is 0. The summed E-state index contributed by atoms with van der Waals surface area (Å²) in [5, 5.41) is 13.3. The lowest BCUT2D eigenvalue weighted by Gasteiger charge is -2.43. The van der Waals surface area contributed by atoms with Crippen LogP contribution in [0.25, 0.3) is 10.9 Å². The number of aryl methyl sites for hydroxylation is 1. The van der Waals surface area contributed by atoms with Crippen LogP contribution in [0.4, 0.5) is 11.5 Å². The van der Waals surface area contributed by atoms with Crippen molar-refractivity contribution < 1.29 is 4.79 Å². The lowest BCUT2D eigenvalue weighted by molar-refractivity contribution is 0.0821. The van der Waals surface area contributed by atoms with E-state index in [0.29, 0.717) is 37.1 Å². The van der Waals surface area contributed by atoms with E-state index in [1.807, 2.05) is 55.5 Å². The Bertz CT molecular complexity index is 1550. The summed E-state index contributed by atoms with van der Waals surface area (Å²) in [5.41, 5.74) is 3.92. The molecule has 1 aliphatic rings. The zero-order chi connectivity index (χ0) is 27.4. The maximum Gasteiger partial charge on any atom is 0.273 e. The Hall–Kier alpha value is -5.04. The Morgan fingerprint density at radius 3 is 2.59 bits per heavy atom. The highest BCUT2D eigenvalue weighted by Crippen LogP contribution is 2.31. The van der Waals surface area contributed by atoms with Gasteiger partial charge >= 0.3 is 0 Å². The monoisotopic (exact) mass is 519 g/mol. The Morgan fingerprint density at radius 1 is 1.05 bits per heavy atom. The first-order valence-electron chi connectivity index (χ1n) is 12.6. The fraction of sp³-hybridized carbons (Fsp3) is 0.241. The third kappa shape index (κ3) is 5.48. The van der Waals surface area contributed by atoms with Crippen molar-refractivity contribution in [1.29, 1.82) is 5.26 Å². The van der Waals surface area contributed by atoms with Crippen LogP contribution in [0.1, 0.15) is 27.8 Å². The molecule has 1 amide bonds. The largest absolute Gasteiger partial charge is 0.345 e. The third-order valence-electron chi connectivity index (χ3n) is 6.66. The zero-order valence-electron chi connectivity index (χ0n) is 22.1. The summed E-state index contributed by atoms with van der Waals surface area (Å²) in [7, 11) is 3.37. The lowest BCUT2D eigenvalue weighted by Crippen LogP contribution is -2.53. The van der Waals surface area contributed by atoms with Gasteiger partial charge in [-0.1, -0.05) is 36.4 Å². The van der Waals surface area contributed by atoms with Gasteiger partial charge in [0.1, 0.15) is 11.5 Å². The molecule has 4 aromatic rings. The lowest BCUT2D eigenvalue weighted by atomic mass is 10.0. The number of aromatic nitrogens is 3. The van der Waals surface area contributed by atoms with Gasteiger partial charge < -0.3 is 14.7 Å². The topological polar surface area (TPSA) is 114 Å². The number of pyridine rings is 1. The number of benzene rings is 2. The van der Waals surface area contributed by atoms with Crippen LogP contribution in [0.3, 0.4) is 0 Å². The van der Waals surface area contributed by atoms with E-state index < -0.39 is 0 Å². The number of nitrogens with one attached hydrogen (secondary N) is 1. The SMILES string of the molecule is Cc1ccc2c(N=C(NC#N)N3CCN(c4cnc(C(=O)N(C)C)cn4)C(c4ccccc4)C3)cccc2n1. The number of fused-ring (bicyclic) bond motifs is 1. The quantitative estimate of drug-likeness (QED) is 0.188. The molecule has 10 heteroatoms. The molecule has 10 nitrogen and oxygen atoms in total. The van der Waals surface area contributed by atoms with Crippen molar-refractivity contribution in [1.82, 2.24) is 30.1 Å². The molecule has 2 aromatic carbocycles. The molecule has 3 heterocycles. The van der Waals surface area contributed by atoms with Crippen LogP contribution in [0.5, 0.6) is 0 Å². The first kappa shape index (κ1) is 25.6. The fourth-order valence-corrected chi connectivity index (χ4v) is 4.70. The van der Waals surface area contributed by atoms with Crippen molar-refractivity contribution in [3.8, 4) is 6.19 Å². The minimum Gasteiger partial charge on any atom is -0.345 e. The number of carbonyl (C=O) groups is 1. The van der Waals surface area contributed by atoms with Gasteiger partial charge in [0.15, 0.2) is 6.19 Å². The highest BCUT2D eigenvalue weighted by atomic mass is 16.2. The second-order valence-corrected chi connectivity index (χ2v) is 9.49. The second-order valence-electron chi connectivity index (χ2n) is 9.49. The van der Waals surface area contributed by atoms with Crippen LogP contribution in [-0.4, -0.2) is 70.3 Å². The number of guanidine groups is 1. The normalized spacial score (nSPS) is 15.6. The minimum absolute atomic E-state index is 0.0906. The van der Waals surface area contributed by atoms with Crippen molar-refractivity contribution in [2.24, 2.45) is 4.99 Å². The summed E-state index contributed by atoms with van der Waals surface area (Å²) < 4.78 is 0. The molecule has 39 heavy (non-hydrogen) atoms. The van der Waals surface area contributed by atoms with Crippen LogP contribution >= 0.6 is 0 Å². The molecule has 1 atom stereocenters. The number of amides is 1. The summed E-state index contributed by atoms with van der Waals surface area (Å²) in [6.45, 7) is 3.72. The number of nitriles is 1. The molecule has 2 aromatic heterocycles. The Balaban J connectivity index is 1.48. The van der Waals surface area contributed by atoms with Crippen molar-refractivity contribution in [3.05, 3.63) is 90.0 Å². The molecule has 0 spiro atoms. The molecule has 196 valence electrons. The van der Waals surface area contributed by atoms with Crippen molar-refractivity contribution in [3.63, 3.8) is 0 Å². The van der Waals surface area contributed by atoms with E-state index >= 15 is 0 Å². The average Bonchev–Trinajstić information content (AvgIpc) is 2.96. The summed E-state index contributed by atoms with van der Waals surface area (Å²) in [5.74, 6) is 0.964. The van der Waals surface area contributed by atoms with E-state index in [2.05, 4.69) is 48.4 Å². The second kappa shape index (κ2) is 11.1. The molecule has 1 saturated heterocycles. The van der Waals surface area contributed by atoms with Crippen molar-refractivity contribution in [2.75, 3.05) is 38.6 Å². The highest BCUT2D eigenvalue weighted by molar-refractivity contribution is 5.94. The molecule has 0 aliphatic carbocycles. The van der Waals surface area contributed by atoms with Gasteiger partial charge in [0, 0.05) is 44.8 Å². The molecule has 0 bridgehead atoms. The van der Waals surface area contributed by atoms with Gasteiger partial charge in [0.05, 0.1) is 29.6 Å². The smallest absolute Gasteiger partial charge is 0.273 e. The highest BCUT2D eigenvalue weighted by Gasteiger charge is 2.31. The number of piperazine rings is 1. The number of carbonyl (C=O) groups excluding carboxylic acids is 1. The fourth-order valence-electron chi connectivity index (χ4n) is 4.70. The number of hydrogen-bond acceptors (Lipinski definition) is 7.